The maximum atomic E-state index is 13.8. The maximum Gasteiger partial charge on any atom is 0.338 e. The van der Waals surface area contributed by atoms with Crippen LogP contribution in [0.15, 0.2) is 24.3 Å². The van der Waals surface area contributed by atoms with Crippen LogP contribution < -0.4 is 11.1 Å². The van der Waals surface area contributed by atoms with E-state index in [2.05, 4.69) is 5.32 Å². The summed E-state index contributed by atoms with van der Waals surface area (Å²) in [4.78, 5) is 41.7. The van der Waals surface area contributed by atoms with Crippen molar-refractivity contribution in [2.75, 3.05) is 38.9 Å². The first-order valence-corrected chi connectivity index (χ1v) is 15.1. The fourth-order valence-electron chi connectivity index (χ4n) is 6.97. The number of methoxy groups -OCH3 is 1. The quantitative estimate of drug-likeness (QED) is 0.300. The van der Waals surface area contributed by atoms with Crippen LogP contribution in [0.2, 0.25) is 0 Å². The van der Waals surface area contributed by atoms with E-state index in [0.717, 1.165) is 32.1 Å². The highest BCUT2D eigenvalue weighted by molar-refractivity contribution is 5.98. The Morgan fingerprint density at radius 2 is 1.70 bits per heavy atom. The Morgan fingerprint density at radius 1 is 1.00 bits per heavy atom. The van der Waals surface area contributed by atoms with Crippen molar-refractivity contribution in [1.82, 2.24) is 4.90 Å². The smallest absolute Gasteiger partial charge is 0.338 e. The molecule has 4 rings (SSSR count). The third-order valence-corrected chi connectivity index (χ3v) is 9.27. The molecule has 8 nitrogen and oxygen atoms in total. The van der Waals surface area contributed by atoms with E-state index in [-0.39, 0.29) is 36.2 Å². The van der Waals surface area contributed by atoms with Gasteiger partial charge in [-0.2, -0.15) is 0 Å². The molecule has 3 aliphatic rings. The summed E-state index contributed by atoms with van der Waals surface area (Å²) in [7, 11) is 1.60. The summed E-state index contributed by atoms with van der Waals surface area (Å²) < 4.78 is 23.3. The molecule has 0 unspecified atom stereocenters. The molecule has 3 N–H and O–H groups in total. The number of rotatable bonds is 11. The molecular formula is C31H46FN3O5. The summed E-state index contributed by atoms with van der Waals surface area (Å²) in [6.45, 7) is 0.867. The lowest BCUT2D eigenvalue weighted by molar-refractivity contribution is -0.142. The minimum atomic E-state index is -0.530. The molecule has 1 heterocycles. The van der Waals surface area contributed by atoms with Crippen LogP contribution in [0.4, 0.5) is 10.1 Å². The molecule has 3 fully saturated rings. The standard InChI is InChI=1S/C31H46FN3O5/c1-39-18-5-19-40-31(38)24-12-14-25(15-13-24)34-29(36)28-26(21-6-3-2-4-7-21)16-17-35(28)30(37)23-10-8-22(9-11-23)27(33)20-32/h12-15,21-23,26-28H,2-11,16-20,33H2,1H3,(H,34,36)/t22-,23-,26-,27+,28-/m0/s1. The molecule has 0 aromatic heterocycles. The van der Waals surface area contributed by atoms with Crippen molar-refractivity contribution in [1.29, 1.82) is 0 Å². The zero-order chi connectivity index (χ0) is 28.5. The lowest BCUT2D eigenvalue weighted by Crippen LogP contribution is -2.50. The zero-order valence-corrected chi connectivity index (χ0v) is 23.8. The summed E-state index contributed by atoms with van der Waals surface area (Å²) in [6, 6.07) is 5.73. The fourth-order valence-corrected chi connectivity index (χ4v) is 6.97. The Hall–Kier alpha value is -2.52. The van der Waals surface area contributed by atoms with Gasteiger partial charge in [-0.25, -0.2) is 9.18 Å². The largest absolute Gasteiger partial charge is 0.462 e. The summed E-state index contributed by atoms with van der Waals surface area (Å²) in [5.41, 5.74) is 6.93. The van der Waals surface area contributed by atoms with Crippen LogP contribution in [0, 0.1) is 23.7 Å². The van der Waals surface area contributed by atoms with E-state index in [1.807, 2.05) is 4.90 Å². The van der Waals surface area contributed by atoms with Gasteiger partial charge >= 0.3 is 5.97 Å². The van der Waals surface area contributed by atoms with Crippen LogP contribution >= 0.6 is 0 Å². The lowest BCUT2D eigenvalue weighted by Gasteiger charge is -2.36. The topological polar surface area (TPSA) is 111 Å². The number of likely N-dealkylation sites (tertiary alicyclic amines) is 1. The minimum absolute atomic E-state index is 0.0531. The van der Waals surface area contributed by atoms with Crippen molar-refractivity contribution in [3.8, 4) is 0 Å². The summed E-state index contributed by atoms with van der Waals surface area (Å²) in [5.74, 6) is 0.0329. The second-order valence-electron chi connectivity index (χ2n) is 11.8. The van der Waals surface area contributed by atoms with E-state index >= 15 is 0 Å². The molecule has 9 heteroatoms. The highest BCUT2D eigenvalue weighted by atomic mass is 19.1. The third-order valence-electron chi connectivity index (χ3n) is 9.27. The van der Waals surface area contributed by atoms with E-state index in [1.165, 1.54) is 19.3 Å². The molecule has 1 saturated heterocycles. The van der Waals surface area contributed by atoms with E-state index in [4.69, 9.17) is 15.2 Å². The summed E-state index contributed by atoms with van der Waals surface area (Å²) >= 11 is 0. The van der Waals surface area contributed by atoms with Crippen molar-refractivity contribution in [3.63, 3.8) is 0 Å². The Balaban J connectivity index is 1.42. The number of nitrogens with two attached hydrogens (primary N) is 1. The van der Waals surface area contributed by atoms with Gasteiger partial charge in [-0.3, -0.25) is 9.59 Å². The molecule has 1 aromatic carbocycles. The molecule has 1 aliphatic heterocycles. The molecule has 0 radical (unpaired) electrons. The van der Waals surface area contributed by atoms with Crippen molar-refractivity contribution < 1.29 is 28.2 Å². The first-order chi connectivity index (χ1) is 19.4. The van der Waals surface area contributed by atoms with Gasteiger partial charge < -0.3 is 25.4 Å². The number of benzene rings is 1. The van der Waals surface area contributed by atoms with Gasteiger partial charge in [0.15, 0.2) is 0 Å². The van der Waals surface area contributed by atoms with Gasteiger partial charge in [-0.05, 0) is 74.1 Å². The van der Waals surface area contributed by atoms with Crippen LogP contribution in [0.3, 0.4) is 0 Å². The number of hydrogen-bond donors (Lipinski definition) is 2. The van der Waals surface area contributed by atoms with Crippen molar-refractivity contribution in [2.24, 2.45) is 29.4 Å². The van der Waals surface area contributed by atoms with E-state index in [9.17, 15) is 18.8 Å². The number of ether oxygens (including phenoxy) is 2. The van der Waals surface area contributed by atoms with Gasteiger partial charge in [-0.1, -0.05) is 32.1 Å². The monoisotopic (exact) mass is 559 g/mol. The molecule has 2 aliphatic carbocycles. The number of alkyl halides is 1. The van der Waals surface area contributed by atoms with E-state index < -0.39 is 24.7 Å². The highest BCUT2D eigenvalue weighted by Crippen LogP contribution is 2.41. The van der Waals surface area contributed by atoms with Crippen molar-refractivity contribution in [2.45, 2.75) is 82.7 Å². The van der Waals surface area contributed by atoms with Crippen LogP contribution in [0.5, 0.6) is 0 Å². The van der Waals surface area contributed by atoms with Gasteiger partial charge in [0.25, 0.3) is 0 Å². The van der Waals surface area contributed by atoms with E-state index in [0.29, 0.717) is 49.6 Å². The van der Waals surface area contributed by atoms with Gasteiger partial charge in [-0.15, -0.1) is 0 Å². The second kappa shape index (κ2) is 14.9. The first-order valence-electron chi connectivity index (χ1n) is 15.1. The highest BCUT2D eigenvalue weighted by Gasteiger charge is 2.46. The third kappa shape index (κ3) is 7.60. The van der Waals surface area contributed by atoms with E-state index in [1.54, 1.807) is 31.4 Å². The van der Waals surface area contributed by atoms with Gasteiger partial charge in [0.1, 0.15) is 12.7 Å². The number of amides is 2. The lowest BCUT2D eigenvalue weighted by atomic mass is 9.76. The van der Waals surface area contributed by atoms with Crippen molar-refractivity contribution in [3.05, 3.63) is 29.8 Å². The number of nitrogens with zero attached hydrogens (tertiary/aromatic N) is 1. The molecule has 0 bridgehead atoms. The molecule has 40 heavy (non-hydrogen) atoms. The van der Waals surface area contributed by atoms with Crippen LogP contribution in [-0.4, -0.2) is 68.3 Å². The van der Waals surface area contributed by atoms with Gasteiger partial charge in [0.05, 0.1) is 12.2 Å². The normalized spacial score (nSPS) is 26.3. The Bertz CT molecular complexity index is 976. The molecule has 222 valence electrons. The summed E-state index contributed by atoms with van der Waals surface area (Å²) in [5, 5.41) is 3.04. The molecule has 3 atom stereocenters. The van der Waals surface area contributed by atoms with Gasteiger partial charge in [0.2, 0.25) is 11.8 Å². The van der Waals surface area contributed by atoms with Gasteiger partial charge in [0, 0.05) is 44.3 Å². The Morgan fingerprint density at radius 3 is 2.35 bits per heavy atom. The number of carbonyl (C=O) groups is 3. The average molecular weight is 560 g/mol. The molecule has 2 amide bonds. The minimum Gasteiger partial charge on any atom is -0.462 e. The number of nitrogens with one attached hydrogen (secondary N) is 1. The molecule has 2 saturated carbocycles. The van der Waals surface area contributed by atoms with Crippen molar-refractivity contribution >= 4 is 23.5 Å². The maximum absolute atomic E-state index is 13.8. The Kier molecular flexibility index (Phi) is 11.4. The fraction of sp³-hybridized carbons (Fsp3) is 0.710. The predicted molar refractivity (Wildman–Crippen MR) is 151 cm³/mol. The predicted octanol–water partition coefficient (Wildman–Crippen LogP) is 4.72. The number of halogens is 1. The number of esters is 1. The zero-order valence-electron chi connectivity index (χ0n) is 23.8. The average Bonchev–Trinajstić information content (AvgIpc) is 3.45. The van der Waals surface area contributed by atoms with Crippen LogP contribution in [0.25, 0.3) is 0 Å². The number of carbonyl (C=O) groups excluding carboxylic acids is 3. The summed E-state index contributed by atoms with van der Waals surface area (Å²) in [6.07, 6.45) is 10.1. The Labute approximate surface area is 237 Å². The first kappa shape index (κ1) is 30.4. The molecule has 1 aromatic rings. The van der Waals surface area contributed by atoms with Crippen LogP contribution in [-0.2, 0) is 19.1 Å². The number of hydrogen-bond acceptors (Lipinski definition) is 6. The van der Waals surface area contributed by atoms with Crippen LogP contribution in [0.1, 0.15) is 81.0 Å². The number of anilines is 1. The SMILES string of the molecule is COCCCOC(=O)c1ccc(NC(=O)[C@@H]2[C@H](C3CCCCC3)CCN2C(=O)[C@H]2CC[C@H]([C@H](N)CF)CC2)cc1. The second-order valence-corrected chi connectivity index (χ2v) is 11.8. The molecular weight excluding hydrogens is 513 g/mol. The molecule has 0 spiro atoms.